The second-order valence-electron chi connectivity index (χ2n) is 5.44. The second-order valence-corrected chi connectivity index (χ2v) is 5.44. The molecular weight excluding hydrogens is 288 g/mol. The van der Waals surface area contributed by atoms with Crippen LogP contribution in [0.3, 0.4) is 0 Å². The molecular formula is C18H32N4O. The van der Waals surface area contributed by atoms with Gasteiger partial charge in [0.1, 0.15) is 5.75 Å². The van der Waals surface area contributed by atoms with Gasteiger partial charge in [0, 0.05) is 20.1 Å². The summed E-state index contributed by atoms with van der Waals surface area (Å²) in [5, 5.41) is 6.70. The number of benzene rings is 1. The number of nitrogens with one attached hydrogen (secondary N) is 2. The van der Waals surface area contributed by atoms with Crippen LogP contribution in [0.15, 0.2) is 29.3 Å². The summed E-state index contributed by atoms with van der Waals surface area (Å²) in [5.74, 6) is 1.72. The number of ether oxygens (including phenoxy) is 1. The number of methoxy groups -OCH3 is 1. The van der Waals surface area contributed by atoms with Crippen molar-refractivity contribution in [3.8, 4) is 5.75 Å². The van der Waals surface area contributed by atoms with Gasteiger partial charge in [-0.3, -0.25) is 4.99 Å². The Morgan fingerprint density at radius 2 is 1.96 bits per heavy atom. The molecule has 0 amide bonds. The molecule has 0 aliphatic carbocycles. The largest absolute Gasteiger partial charge is 0.497 e. The fourth-order valence-corrected chi connectivity index (χ4v) is 2.40. The van der Waals surface area contributed by atoms with Crippen LogP contribution in [0.5, 0.6) is 5.75 Å². The second kappa shape index (κ2) is 11.8. The maximum Gasteiger partial charge on any atom is 0.191 e. The van der Waals surface area contributed by atoms with Gasteiger partial charge >= 0.3 is 0 Å². The molecule has 0 aromatic heterocycles. The molecule has 0 aliphatic heterocycles. The molecule has 130 valence electrons. The molecule has 0 saturated heterocycles. The summed E-state index contributed by atoms with van der Waals surface area (Å²) < 4.78 is 5.24. The zero-order chi connectivity index (χ0) is 16.9. The van der Waals surface area contributed by atoms with Crippen molar-refractivity contribution in [1.29, 1.82) is 0 Å². The standard InChI is InChI=1S/C18H32N4O/c1-5-22(6-2)13-8-7-12-20-18(19-3)21-15-16-10-9-11-17(14-16)23-4/h9-11,14H,5-8,12-13,15H2,1-4H3,(H2,19,20,21). The van der Waals surface area contributed by atoms with Crippen molar-refractivity contribution in [2.75, 3.05) is 40.3 Å². The Morgan fingerprint density at radius 3 is 2.61 bits per heavy atom. The monoisotopic (exact) mass is 320 g/mol. The highest BCUT2D eigenvalue weighted by Crippen LogP contribution is 2.11. The van der Waals surface area contributed by atoms with Gasteiger partial charge in [-0.25, -0.2) is 0 Å². The van der Waals surface area contributed by atoms with Crippen molar-refractivity contribution < 1.29 is 4.74 Å². The van der Waals surface area contributed by atoms with Crippen LogP contribution in [-0.4, -0.2) is 51.2 Å². The zero-order valence-electron chi connectivity index (χ0n) is 15.1. The Kier molecular flexibility index (Phi) is 9.87. The van der Waals surface area contributed by atoms with Crippen LogP contribution in [-0.2, 0) is 6.54 Å². The minimum atomic E-state index is 0.732. The first-order valence-corrected chi connectivity index (χ1v) is 8.53. The first-order chi connectivity index (χ1) is 11.2. The van der Waals surface area contributed by atoms with Gasteiger partial charge in [-0.05, 0) is 50.2 Å². The molecule has 0 saturated carbocycles. The van der Waals surface area contributed by atoms with E-state index in [0.717, 1.165) is 44.3 Å². The highest BCUT2D eigenvalue weighted by atomic mass is 16.5. The van der Waals surface area contributed by atoms with Crippen molar-refractivity contribution in [3.63, 3.8) is 0 Å². The third-order valence-electron chi connectivity index (χ3n) is 3.91. The Labute approximate surface area is 141 Å². The molecule has 1 aromatic rings. The predicted molar refractivity (Wildman–Crippen MR) is 98.2 cm³/mol. The van der Waals surface area contributed by atoms with Crippen LogP contribution in [0, 0.1) is 0 Å². The van der Waals surface area contributed by atoms with Gasteiger partial charge in [-0.2, -0.15) is 0 Å². The van der Waals surface area contributed by atoms with Crippen LogP contribution < -0.4 is 15.4 Å². The summed E-state index contributed by atoms with van der Waals surface area (Å²) in [6.45, 7) is 9.54. The molecule has 1 rings (SSSR count). The van der Waals surface area contributed by atoms with E-state index in [4.69, 9.17) is 4.74 Å². The molecule has 0 bridgehead atoms. The van der Waals surface area contributed by atoms with Crippen LogP contribution >= 0.6 is 0 Å². The quantitative estimate of drug-likeness (QED) is 0.395. The van der Waals surface area contributed by atoms with Crippen LogP contribution in [0.25, 0.3) is 0 Å². The molecule has 0 atom stereocenters. The first kappa shape index (κ1) is 19.3. The highest BCUT2D eigenvalue weighted by molar-refractivity contribution is 5.79. The third-order valence-corrected chi connectivity index (χ3v) is 3.91. The predicted octanol–water partition coefficient (Wildman–Crippen LogP) is 2.48. The van der Waals surface area contributed by atoms with E-state index in [0.29, 0.717) is 0 Å². The number of nitrogens with zero attached hydrogens (tertiary/aromatic N) is 2. The van der Waals surface area contributed by atoms with E-state index in [9.17, 15) is 0 Å². The number of unbranched alkanes of at least 4 members (excludes halogenated alkanes) is 1. The van der Waals surface area contributed by atoms with Crippen molar-refractivity contribution >= 4 is 5.96 Å². The maximum absolute atomic E-state index is 5.24. The SMILES string of the molecule is CCN(CC)CCCCNC(=NC)NCc1cccc(OC)c1. The Morgan fingerprint density at radius 1 is 1.17 bits per heavy atom. The third kappa shape index (κ3) is 7.88. The minimum absolute atomic E-state index is 0.732. The minimum Gasteiger partial charge on any atom is -0.497 e. The van der Waals surface area contributed by atoms with E-state index in [1.54, 1.807) is 14.2 Å². The average Bonchev–Trinajstić information content (AvgIpc) is 2.60. The van der Waals surface area contributed by atoms with E-state index >= 15 is 0 Å². The smallest absolute Gasteiger partial charge is 0.191 e. The van der Waals surface area contributed by atoms with Crippen LogP contribution in [0.1, 0.15) is 32.3 Å². The van der Waals surface area contributed by atoms with E-state index in [-0.39, 0.29) is 0 Å². The van der Waals surface area contributed by atoms with Crippen molar-refractivity contribution in [2.24, 2.45) is 4.99 Å². The molecule has 2 N–H and O–H groups in total. The van der Waals surface area contributed by atoms with Gasteiger partial charge in [0.15, 0.2) is 5.96 Å². The summed E-state index contributed by atoms with van der Waals surface area (Å²) in [6.07, 6.45) is 2.36. The summed E-state index contributed by atoms with van der Waals surface area (Å²) in [4.78, 5) is 6.72. The van der Waals surface area contributed by atoms with Gasteiger partial charge in [-0.15, -0.1) is 0 Å². The number of guanidine groups is 1. The topological polar surface area (TPSA) is 48.9 Å². The normalized spacial score (nSPS) is 11.6. The van der Waals surface area contributed by atoms with E-state index < -0.39 is 0 Å². The van der Waals surface area contributed by atoms with E-state index in [1.807, 2.05) is 18.2 Å². The van der Waals surface area contributed by atoms with Crippen molar-refractivity contribution in [3.05, 3.63) is 29.8 Å². The van der Waals surface area contributed by atoms with E-state index in [2.05, 4.69) is 40.4 Å². The van der Waals surface area contributed by atoms with Gasteiger partial charge in [0.05, 0.1) is 7.11 Å². The Balaban J connectivity index is 2.24. The molecule has 0 heterocycles. The zero-order valence-corrected chi connectivity index (χ0v) is 15.1. The summed E-state index contributed by atoms with van der Waals surface area (Å²) in [6, 6.07) is 8.06. The number of aliphatic imine (C=N–C) groups is 1. The highest BCUT2D eigenvalue weighted by Gasteiger charge is 2.01. The molecule has 0 spiro atoms. The van der Waals surface area contributed by atoms with Crippen molar-refractivity contribution in [1.82, 2.24) is 15.5 Å². The van der Waals surface area contributed by atoms with Crippen molar-refractivity contribution in [2.45, 2.75) is 33.2 Å². The van der Waals surface area contributed by atoms with Crippen LogP contribution in [0.2, 0.25) is 0 Å². The van der Waals surface area contributed by atoms with Crippen LogP contribution in [0.4, 0.5) is 0 Å². The molecule has 5 nitrogen and oxygen atoms in total. The summed E-state index contributed by atoms with van der Waals surface area (Å²) >= 11 is 0. The lowest BCUT2D eigenvalue weighted by molar-refractivity contribution is 0.297. The fourth-order valence-electron chi connectivity index (χ4n) is 2.40. The number of hydrogen-bond acceptors (Lipinski definition) is 3. The Bertz CT molecular complexity index is 458. The summed E-state index contributed by atoms with van der Waals surface area (Å²) in [7, 11) is 3.49. The number of hydrogen-bond donors (Lipinski definition) is 2. The first-order valence-electron chi connectivity index (χ1n) is 8.53. The lowest BCUT2D eigenvalue weighted by Crippen LogP contribution is -2.37. The van der Waals surface area contributed by atoms with Gasteiger partial charge in [0.25, 0.3) is 0 Å². The van der Waals surface area contributed by atoms with Gasteiger partial charge < -0.3 is 20.3 Å². The molecule has 5 heteroatoms. The molecule has 0 unspecified atom stereocenters. The molecule has 0 fully saturated rings. The summed E-state index contributed by atoms with van der Waals surface area (Å²) in [5.41, 5.74) is 1.17. The fraction of sp³-hybridized carbons (Fsp3) is 0.611. The molecule has 23 heavy (non-hydrogen) atoms. The average molecular weight is 320 g/mol. The Hall–Kier alpha value is -1.75. The lowest BCUT2D eigenvalue weighted by Gasteiger charge is -2.18. The maximum atomic E-state index is 5.24. The van der Waals surface area contributed by atoms with E-state index in [1.165, 1.54) is 18.5 Å². The van der Waals surface area contributed by atoms with Gasteiger partial charge in [-0.1, -0.05) is 26.0 Å². The van der Waals surface area contributed by atoms with Gasteiger partial charge in [0.2, 0.25) is 0 Å². The number of rotatable bonds is 10. The molecule has 1 aromatic carbocycles. The lowest BCUT2D eigenvalue weighted by atomic mass is 10.2. The molecule has 0 radical (unpaired) electrons. The molecule has 0 aliphatic rings.